The lowest BCUT2D eigenvalue weighted by Crippen LogP contribution is -2.13. The maximum absolute atomic E-state index is 12.2. The van der Waals surface area contributed by atoms with E-state index in [1.54, 1.807) is 32.2 Å². The van der Waals surface area contributed by atoms with Gasteiger partial charge in [-0.25, -0.2) is 13.6 Å². The second-order valence-electron chi connectivity index (χ2n) is 6.36. The van der Waals surface area contributed by atoms with Gasteiger partial charge in [0.05, 0.1) is 16.9 Å². The number of hydrogen-bond acceptors (Lipinski definition) is 5. The van der Waals surface area contributed by atoms with E-state index >= 15 is 0 Å². The van der Waals surface area contributed by atoms with Crippen LogP contribution in [0.3, 0.4) is 0 Å². The van der Waals surface area contributed by atoms with Crippen molar-refractivity contribution < 1.29 is 17.9 Å². The molecule has 1 heterocycles. The number of sulfonamides is 1. The molecular weight excluding hydrogens is 394 g/mol. The van der Waals surface area contributed by atoms with Gasteiger partial charge in [-0.15, -0.1) is 11.3 Å². The Kier molecular flexibility index (Phi) is 5.69. The van der Waals surface area contributed by atoms with Crippen molar-refractivity contribution in [1.29, 1.82) is 0 Å². The molecule has 7 heteroatoms. The van der Waals surface area contributed by atoms with Crippen LogP contribution in [0, 0.1) is 6.92 Å². The second-order valence-corrected chi connectivity index (χ2v) is 8.94. The molecular formula is C21H21NO4S2. The zero-order valence-electron chi connectivity index (χ0n) is 15.9. The summed E-state index contributed by atoms with van der Waals surface area (Å²) in [4.78, 5) is 13.5. The third kappa shape index (κ3) is 3.87. The quantitative estimate of drug-likeness (QED) is 0.594. The highest BCUT2D eigenvalue weighted by Gasteiger charge is 2.21. The van der Waals surface area contributed by atoms with E-state index in [0.29, 0.717) is 22.6 Å². The minimum Gasteiger partial charge on any atom is -0.496 e. The Morgan fingerprint density at radius 3 is 2.46 bits per heavy atom. The highest BCUT2D eigenvalue weighted by atomic mass is 32.2. The van der Waals surface area contributed by atoms with E-state index in [1.165, 1.54) is 17.4 Å². The third-order valence-electron chi connectivity index (χ3n) is 4.46. The van der Waals surface area contributed by atoms with Crippen LogP contribution in [-0.4, -0.2) is 21.3 Å². The summed E-state index contributed by atoms with van der Waals surface area (Å²) in [5.74, 6) is 0.707. The summed E-state index contributed by atoms with van der Waals surface area (Å²) in [5.41, 5.74) is 2.97. The van der Waals surface area contributed by atoms with Gasteiger partial charge in [-0.3, -0.25) is 4.79 Å². The molecule has 0 unspecified atom stereocenters. The van der Waals surface area contributed by atoms with Crippen molar-refractivity contribution in [1.82, 2.24) is 0 Å². The number of carbonyl (C=O) groups is 1. The Hall–Kier alpha value is -2.48. The van der Waals surface area contributed by atoms with Gasteiger partial charge < -0.3 is 4.74 Å². The van der Waals surface area contributed by atoms with Crippen molar-refractivity contribution in [3.63, 3.8) is 0 Å². The first-order valence-corrected chi connectivity index (χ1v) is 11.1. The first-order chi connectivity index (χ1) is 13.3. The molecule has 2 N–H and O–H groups in total. The molecule has 5 nitrogen and oxygen atoms in total. The van der Waals surface area contributed by atoms with Crippen LogP contribution < -0.4 is 9.88 Å². The number of methoxy groups -OCH3 is 1. The lowest BCUT2D eigenvalue weighted by Gasteiger charge is -2.13. The maximum atomic E-state index is 12.2. The van der Waals surface area contributed by atoms with Gasteiger partial charge in [0, 0.05) is 22.4 Å². The van der Waals surface area contributed by atoms with Crippen molar-refractivity contribution in [2.24, 2.45) is 5.14 Å². The van der Waals surface area contributed by atoms with Gasteiger partial charge in [0.15, 0.2) is 5.78 Å². The van der Waals surface area contributed by atoms with E-state index in [-0.39, 0.29) is 10.7 Å². The fraction of sp³-hybridized carbons (Fsp3) is 0.190. The highest BCUT2D eigenvalue weighted by Crippen LogP contribution is 2.40. The fourth-order valence-electron chi connectivity index (χ4n) is 3.07. The predicted octanol–water partition coefficient (Wildman–Crippen LogP) is 4.64. The minimum atomic E-state index is -3.94. The van der Waals surface area contributed by atoms with Crippen LogP contribution in [0.1, 0.15) is 28.6 Å². The van der Waals surface area contributed by atoms with Crippen molar-refractivity contribution in [3.8, 4) is 27.3 Å². The summed E-state index contributed by atoms with van der Waals surface area (Å²) < 4.78 is 29.8. The van der Waals surface area contributed by atoms with Gasteiger partial charge in [-0.1, -0.05) is 31.2 Å². The van der Waals surface area contributed by atoms with Crippen LogP contribution in [0.25, 0.3) is 21.6 Å². The molecule has 0 saturated heterocycles. The molecule has 0 aliphatic carbocycles. The van der Waals surface area contributed by atoms with E-state index in [0.717, 1.165) is 21.6 Å². The Bertz CT molecular complexity index is 1150. The van der Waals surface area contributed by atoms with Crippen LogP contribution in [0.4, 0.5) is 0 Å². The SMILES string of the molecule is CCC(=O)c1cc(C)c(-c2cc(-c3ccccc3OC)ccc2S(N)(=O)=O)s1. The van der Waals surface area contributed by atoms with Crippen molar-refractivity contribution in [3.05, 3.63) is 59.0 Å². The van der Waals surface area contributed by atoms with Crippen molar-refractivity contribution >= 4 is 27.1 Å². The number of Topliss-reactive ketones (excluding diaryl/α,β-unsaturated/α-hetero) is 1. The summed E-state index contributed by atoms with van der Waals surface area (Å²) in [6.07, 6.45) is 0.392. The lowest BCUT2D eigenvalue weighted by molar-refractivity contribution is 0.0992. The maximum Gasteiger partial charge on any atom is 0.238 e. The molecule has 0 fully saturated rings. The average molecular weight is 416 g/mol. The van der Waals surface area contributed by atoms with Crippen LogP contribution >= 0.6 is 11.3 Å². The number of thiophene rings is 1. The predicted molar refractivity (Wildman–Crippen MR) is 112 cm³/mol. The zero-order valence-corrected chi connectivity index (χ0v) is 17.5. The van der Waals surface area contributed by atoms with Crippen molar-refractivity contribution in [2.45, 2.75) is 25.2 Å². The number of aryl methyl sites for hydroxylation is 1. The second kappa shape index (κ2) is 7.87. The van der Waals surface area contributed by atoms with Crippen LogP contribution in [0.5, 0.6) is 5.75 Å². The number of rotatable bonds is 6. The number of ketones is 1. The van der Waals surface area contributed by atoms with Crippen LogP contribution in [0.2, 0.25) is 0 Å². The molecule has 2 aromatic carbocycles. The van der Waals surface area contributed by atoms with Gasteiger partial charge in [0.1, 0.15) is 5.75 Å². The fourth-order valence-corrected chi connectivity index (χ4v) is 5.07. The number of para-hydroxylation sites is 1. The zero-order chi connectivity index (χ0) is 20.5. The number of hydrogen-bond donors (Lipinski definition) is 1. The molecule has 0 atom stereocenters. The molecule has 0 radical (unpaired) electrons. The summed E-state index contributed by atoms with van der Waals surface area (Å²) in [7, 11) is -2.35. The average Bonchev–Trinajstić information content (AvgIpc) is 3.07. The van der Waals surface area contributed by atoms with E-state index in [4.69, 9.17) is 9.88 Å². The molecule has 0 spiro atoms. The van der Waals surface area contributed by atoms with Gasteiger partial charge in [-0.05, 0) is 42.3 Å². The molecule has 28 heavy (non-hydrogen) atoms. The normalized spacial score (nSPS) is 11.4. The molecule has 1 aromatic heterocycles. The molecule has 0 aliphatic heterocycles. The topological polar surface area (TPSA) is 86.5 Å². The largest absolute Gasteiger partial charge is 0.496 e. The molecule has 146 valence electrons. The molecule has 3 aromatic rings. The van der Waals surface area contributed by atoms with Gasteiger partial charge >= 0.3 is 0 Å². The number of carbonyl (C=O) groups excluding carboxylic acids is 1. The van der Waals surface area contributed by atoms with Gasteiger partial charge in [0.2, 0.25) is 10.0 Å². The number of ether oxygens (including phenoxy) is 1. The molecule has 0 saturated carbocycles. The first-order valence-electron chi connectivity index (χ1n) is 8.70. The molecule has 3 rings (SSSR count). The summed E-state index contributed by atoms with van der Waals surface area (Å²) in [6.45, 7) is 3.66. The van der Waals surface area contributed by atoms with E-state index in [9.17, 15) is 13.2 Å². The summed E-state index contributed by atoms with van der Waals surface area (Å²) in [6, 6.07) is 14.3. The monoisotopic (exact) mass is 415 g/mol. The van der Waals surface area contributed by atoms with E-state index in [2.05, 4.69) is 0 Å². The van der Waals surface area contributed by atoms with Gasteiger partial charge in [0.25, 0.3) is 0 Å². The number of benzene rings is 2. The first kappa shape index (κ1) is 20.3. The molecule has 0 aliphatic rings. The highest BCUT2D eigenvalue weighted by molar-refractivity contribution is 7.89. The standard InChI is InChI=1S/C21H21NO4S2/c1-4-17(23)19-11-13(2)21(27-19)16-12-14(9-10-20(16)28(22,24)25)15-7-5-6-8-18(15)26-3/h5-12H,4H2,1-3H3,(H2,22,24,25). The number of nitrogens with two attached hydrogens (primary N) is 1. The third-order valence-corrected chi connectivity index (χ3v) is 6.74. The number of primary sulfonamides is 1. The van der Waals surface area contributed by atoms with Crippen LogP contribution in [0.15, 0.2) is 53.4 Å². The van der Waals surface area contributed by atoms with E-state index < -0.39 is 10.0 Å². The molecule has 0 bridgehead atoms. The van der Waals surface area contributed by atoms with E-state index in [1.807, 2.05) is 31.2 Å². The Labute approximate surface area is 168 Å². The lowest BCUT2D eigenvalue weighted by atomic mass is 10.0. The van der Waals surface area contributed by atoms with Crippen molar-refractivity contribution in [2.75, 3.05) is 7.11 Å². The Morgan fingerprint density at radius 2 is 1.82 bits per heavy atom. The smallest absolute Gasteiger partial charge is 0.238 e. The minimum absolute atomic E-state index is 0.0254. The Morgan fingerprint density at radius 1 is 1.11 bits per heavy atom. The van der Waals surface area contributed by atoms with Crippen LogP contribution in [-0.2, 0) is 10.0 Å². The van der Waals surface area contributed by atoms with Gasteiger partial charge in [-0.2, -0.15) is 0 Å². The summed E-state index contributed by atoms with van der Waals surface area (Å²) >= 11 is 1.29. The molecule has 0 amide bonds. The Balaban J connectivity index is 2.27. The summed E-state index contributed by atoms with van der Waals surface area (Å²) in [5, 5.41) is 5.47.